The van der Waals surface area contributed by atoms with Crippen LogP contribution < -0.4 is 16.0 Å². The van der Waals surface area contributed by atoms with Gasteiger partial charge in [0.1, 0.15) is 6.54 Å². The smallest absolute Gasteiger partial charge is 0.241 e. The number of nitrogens with one attached hydrogen (secondary N) is 3. The van der Waals surface area contributed by atoms with Crippen molar-refractivity contribution in [3.05, 3.63) is 34.9 Å². The van der Waals surface area contributed by atoms with E-state index >= 15 is 0 Å². The fourth-order valence-corrected chi connectivity index (χ4v) is 2.79. The Morgan fingerprint density at radius 3 is 2.67 bits per heavy atom. The van der Waals surface area contributed by atoms with Crippen LogP contribution in [0.1, 0.15) is 38.7 Å². The van der Waals surface area contributed by atoms with Crippen LogP contribution in [0, 0.1) is 0 Å². The molecular weight excluding hydrogens is 324 g/mol. The lowest BCUT2D eigenvalue weighted by molar-refractivity contribution is -0.119. The van der Waals surface area contributed by atoms with Crippen molar-refractivity contribution in [3.63, 3.8) is 0 Å². The van der Waals surface area contributed by atoms with Crippen LogP contribution in [0.2, 0.25) is 5.02 Å². The number of carbonyl (C=O) groups is 1. The van der Waals surface area contributed by atoms with Crippen LogP contribution in [0.5, 0.6) is 0 Å². The summed E-state index contributed by atoms with van der Waals surface area (Å²) in [5, 5.41) is 10.2. The summed E-state index contributed by atoms with van der Waals surface area (Å²) in [6.45, 7) is 6.41. The molecule has 0 saturated heterocycles. The molecule has 0 unspecified atom stereocenters. The van der Waals surface area contributed by atoms with Crippen molar-refractivity contribution in [1.29, 1.82) is 0 Å². The maximum absolute atomic E-state index is 11.7. The molecule has 1 aliphatic carbocycles. The van der Waals surface area contributed by atoms with E-state index in [-0.39, 0.29) is 17.9 Å². The molecule has 6 heteroatoms. The third-order valence-electron chi connectivity index (χ3n) is 4.18. The molecular formula is C18H27ClN4O. The number of hydrogen-bond acceptors (Lipinski definition) is 2. The van der Waals surface area contributed by atoms with Crippen molar-refractivity contribution in [2.75, 3.05) is 26.2 Å². The zero-order valence-corrected chi connectivity index (χ0v) is 15.2. The number of benzene rings is 1. The lowest BCUT2D eigenvalue weighted by atomic mass is 9.96. The molecule has 2 rings (SSSR count). The SMILES string of the molecule is CCCNC(=O)CN=C(NCC)NCC1(c2cccc(Cl)c2)CC1. The van der Waals surface area contributed by atoms with Gasteiger partial charge in [-0.2, -0.15) is 0 Å². The minimum atomic E-state index is -0.0509. The number of aliphatic imine (C=N–C) groups is 1. The van der Waals surface area contributed by atoms with Gasteiger partial charge in [0.05, 0.1) is 0 Å². The maximum Gasteiger partial charge on any atom is 0.241 e. The molecule has 1 aromatic carbocycles. The first-order chi connectivity index (χ1) is 11.6. The highest BCUT2D eigenvalue weighted by Crippen LogP contribution is 2.48. The molecule has 0 atom stereocenters. The highest BCUT2D eigenvalue weighted by Gasteiger charge is 2.44. The maximum atomic E-state index is 11.7. The number of carbonyl (C=O) groups excluding carboxylic acids is 1. The molecule has 0 aliphatic heterocycles. The molecule has 1 saturated carbocycles. The van der Waals surface area contributed by atoms with Crippen LogP contribution in [0.25, 0.3) is 0 Å². The molecule has 1 aliphatic rings. The number of hydrogen-bond donors (Lipinski definition) is 3. The number of nitrogens with zero attached hydrogens (tertiary/aromatic N) is 1. The van der Waals surface area contributed by atoms with Crippen molar-refractivity contribution in [2.45, 2.75) is 38.5 Å². The fourth-order valence-electron chi connectivity index (χ4n) is 2.60. The zero-order chi connectivity index (χ0) is 17.4. The number of rotatable bonds is 8. The Labute approximate surface area is 149 Å². The van der Waals surface area contributed by atoms with Crippen molar-refractivity contribution in [3.8, 4) is 0 Å². The lowest BCUT2D eigenvalue weighted by Crippen LogP contribution is -2.42. The molecule has 5 nitrogen and oxygen atoms in total. The van der Waals surface area contributed by atoms with Crippen molar-refractivity contribution in [1.82, 2.24) is 16.0 Å². The summed E-state index contributed by atoms with van der Waals surface area (Å²) >= 11 is 6.12. The van der Waals surface area contributed by atoms with E-state index in [1.165, 1.54) is 5.56 Å². The highest BCUT2D eigenvalue weighted by atomic mass is 35.5. The first-order valence-electron chi connectivity index (χ1n) is 8.64. The van der Waals surface area contributed by atoms with Gasteiger partial charge in [0.25, 0.3) is 0 Å². The fraction of sp³-hybridized carbons (Fsp3) is 0.556. The van der Waals surface area contributed by atoms with Gasteiger partial charge < -0.3 is 16.0 Å². The highest BCUT2D eigenvalue weighted by molar-refractivity contribution is 6.30. The van der Waals surface area contributed by atoms with Gasteiger partial charge in [-0.15, -0.1) is 0 Å². The predicted molar refractivity (Wildman–Crippen MR) is 99.6 cm³/mol. The molecule has 0 heterocycles. The Morgan fingerprint density at radius 1 is 1.25 bits per heavy atom. The average molecular weight is 351 g/mol. The zero-order valence-electron chi connectivity index (χ0n) is 14.5. The van der Waals surface area contributed by atoms with Crippen molar-refractivity contribution < 1.29 is 4.79 Å². The molecule has 1 amide bonds. The van der Waals surface area contributed by atoms with Crippen LogP contribution in [0.4, 0.5) is 0 Å². The standard InChI is InChI=1S/C18H27ClN4O/c1-3-10-21-16(24)12-22-17(20-4-2)23-13-18(8-9-18)14-6-5-7-15(19)11-14/h5-7,11H,3-4,8-10,12-13H2,1-2H3,(H,21,24)(H2,20,22,23). The molecule has 0 spiro atoms. The van der Waals surface area contributed by atoms with E-state index in [1.54, 1.807) is 0 Å². The van der Waals surface area contributed by atoms with E-state index in [1.807, 2.05) is 32.0 Å². The van der Waals surface area contributed by atoms with Gasteiger partial charge >= 0.3 is 0 Å². The minimum Gasteiger partial charge on any atom is -0.357 e. The quantitative estimate of drug-likeness (QED) is 0.498. The Kier molecular flexibility index (Phi) is 6.91. The first kappa shape index (κ1) is 18.6. The summed E-state index contributed by atoms with van der Waals surface area (Å²) < 4.78 is 0. The average Bonchev–Trinajstić information content (AvgIpc) is 3.36. The van der Waals surface area contributed by atoms with E-state index in [4.69, 9.17) is 11.6 Å². The number of amides is 1. The second-order valence-corrected chi connectivity index (χ2v) is 6.63. The van der Waals surface area contributed by atoms with E-state index in [9.17, 15) is 4.79 Å². The molecule has 3 N–H and O–H groups in total. The third kappa shape index (κ3) is 5.41. The molecule has 24 heavy (non-hydrogen) atoms. The van der Waals surface area contributed by atoms with Crippen molar-refractivity contribution >= 4 is 23.5 Å². The predicted octanol–water partition coefficient (Wildman–Crippen LogP) is 2.45. The van der Waals surface area contributed by atoms with Crippen LogP contribution in [0.15, 0.2) is 29.3 Å². The lowest BCUT2D eigenvalue weighted by Gasteiger charge is -2.19. The van der Waals surface area contributed by atoms with Gasteiger partial charge in [0, 0.05) is 30.1 Å². The molecule has 0 radical (unpaired) electrons. The first-order valence-corrected chi connectivity index (χ1v) is 9.02. The number of halogens is 1. The van der Waals surface area contributed by atoms with E-state index in [2.05, 4.69) is 27.0 Å². The Balaban J connectivity index is 1.92. The van der Waals surface area contributed by atoms with Crippen LogP contribution >= 0.6 is 11.6 Å². The molecule has 1 aromatic rings. The van der Waals surface area contributed by atoms with E-state index < -0.39 is 0 Å². The molecule has 1 fully saturated rings. The van der Waals surface area contributed by atoms with E-state index in [0.29, 0.717) is 12.5 Å². The normalized spacial score (nSPS) is 15.7. The van der Waals surface area contributed by atoms with Gasteiger partial charge in [0.2, 0.25) is 5.91 Å². The van der Waals surface area contributed by atoms with Gasteiger partial charge in [-0.3, -0.25) is 4.79 Å². The topological polar surface area (TPSA) is 65.5 Å². The summed E-state index contributed by atoms with van der Waals surface area (Å²) in [6.07, 6.45) is 3.20. The van der Waals surface area contributed by atoms with Gasteiger partial charge in [0.15, 0.2) is 5.96 Å². The molecule has 132 valence electrons. The number of guanidine groups is 1. The summed E-state index contributed by atoms with van der Waals surface area (Å²) in [4.78, 5) is 16.1. The Hall–Kier alpha value is -1.75. The minimum absolute atomic E-state index is 0.0509. The second-order valence-electron chi connectivity index (χ2n) is 6.19. The van der Waals surface area contributed by atoms with Crippen LogP contribution in [-0.4, -0.2) is 38.0 Å². The van der Waals surface area contributed by atoms with Gasteiger partial charge in [-0.05, 0) is 43.9 Å². The molecule has 0 aromatic heterocycles. The van der Waals surface area contributed by atoms with E-state index in [0.717, 1.165) is 37.4 Å². The largest absolute Gasteiger partial charge is 0.357 e. The van der Waals surface area contributed by atoms with Crippen LogP contribution in [-0.2, 0) is 10.2 Å². The van der Waals surface area contributed by atoms with Gasteiger partial charge in [-0.1, -0.05) is 30.7 Å². The second kappa shape index (κ2) is 8.92. The summed E-state index contributed by atoms with van der Waals surface area (Å²) in [5.74, 6) is 0.627. The van der Waals surface area contributed by atoms with Crippen LogP contribution in [0.3, 0.4) is 0 Å². The molecule has 0 bridgehead atoms. The summed E-state index contributed by atoms with van der Waals surface area (Å²) in [6, 6.07) is 8.06. The van der Waals surface area contributed by atoms with Gasteiger partial charge in [-0.25, -0.2) is 4.99 Å². The Morgan fingerprint density at radius 2 is 2.04 bits per heavy atom. The monoisotopic (exact) mass is 350 g/mol. The summed E-state index contributed by atoms with van der Waals surface area (Å²) in [7, 11) is 0. The Bertz CT molecular complexity index is 584. The third-order valence-corrected chi connectivity index (χ3v) is 4.42. The summed E-state index contributed by atoms with van der Waals surface area (Å²) in [5.41, 5.74) is 1.39. The van der Waals surface area contributed by atoms with Crippen molar-refractivity contribution in [2.24, 2.45) is 4.99 Å².